The molecule has 0 heterocycles. The first kappa shape index (κ1) is 35.3. The molecular formula is C59H42N2. The Kier molecular flexibility index (Phi) is 7.92. The smallest absolute Gasteiger partial charge is 0.0540 e. The van der Waals surface area contributed by atoms with Gasteiger partial charge in [-0.25, -0.2) is 0 Å². The van der Waals surface area contributed by atoms with Gasteiger partial charge in [0.05, 0.1) is 17.1 Å². The van der Waals surface area contributed by atoms with E-state index < -0.39 is 0 Å². The first-order valence-corrected chi connectivity index (χ1v) is 21.3. The maximum atomic E-state index is 2.48. The molecule has 0 saturated carbocycles. The molecule has 0 unspecified atom stereocenters. The second-order valence-corrected chi connectivity index (χ2v) is 16.9. The van der Waals surface area contributed by atoms with Gasteiger partial charge in [-0.3, -0.25) is 0 Å². The van der Waals surface area contributed by atoms with Crippen molar-refractivity contribution >= 4 is 88.0 Å². The molecule has 11 aromatic rings. The molecule has 0 fully saturated rings. The summed E-state index contributed by atoms with van der Waals surface area (Å²) in [6.45, 7) is 4.85. The summed E-state index contributed by atoms with van der Waals surface area (Å²) in [4.78, 5) is 4.91. The van der Waals surface area contributed by atoms with Crippen molar-refractivity contribution in [3.63, 3.8) is 0 Å². The molecular weight excluding hydrogens is 737 g/mol. The third-order valence-electron chi connectivity index (χ3n) is 13.1. The highest BCUT2D eigenvalue weighted by atomic mass is 15.1. The molecule has 0 radical (unpaired) electrons. The zero-order chi connectivity index (χ0) is 40.7. The molecule has 2 heteroatoms. The predicted octanol–water partition coefficient (Wildman–Crippen LogP) is 16.7. The number of anilines is 6. The van der Waals surface area contributed by atoms with Crippen LogP contribution in [-0.2, 0) is 5.41 Å². The van der Waals surface area contributed by atoms with E-state index in [0.29, 0.717) is 0 Å². The fraction of sp³-hybridized carbons (Fsp3) is 0.0508. The van der Waals surface area contributed by atoms with Crippen molar-refractivity contribution in [1.82, 2.24) is 0 Å². The lowest BCUT2D eigenvalue weighted by atomic mass is 9.79. The second kappa shape index (κ2) is 13.7. The quantitative estimate of drug-likeness (QED) is 0.155. The van der Waals surface area contributed by atoms with Gasteiger partial charge >= 0.3 is 0 Å². The minimum Gasteiger partial charge on any atom is -0.310 e. The molecule has 0 N–H and O–H groups in total. The first-order valence-electron chi connectivity index (χ1n) is 21.3. The molecule has 12 rings (SSSR count). The van der Waals surface area contributed by atoms with Crippen LogP contribution >= 0.6 is 0 Å². The number of nitrogens with zero attached hydrogens (tertiary/aromatic N) is 2. The predicted molar refractivity (Wildman–Crippen MR) is 261 cm³/mol. The van der Waals surface area contributed by atoms with Gasteiger partial charge in [-0.05, 0) is 115 Å². The maximum absolute atomic E-state index is 2.48. The number of fused-ring (bicyclic) bond motifs is 11. The summed E-state index contributed by atoms with van der Waals surface area (Å²) in [5.74, 6) is 0. The summed E-state index contributed by atoms with van der Waals surface area (Å²) >= 11 is 0. The minimum atomic E-state index is -0.281. The summed E-state index contributed by atoms with van der Waals surface area (Å²) in [6.07, 6.45) is 0. The van der Waals surface area contributed by atoms with Crippen LogP contribution in [0.4, 0.5) is 34.1 Å². The van der Waals surface area contributed by atoms with E-state index in [1.807, 2.05) is 0 Å². The molecule has 0 atom stereocenters. The Balaban J connectivity index is 1.08. The van der Waals surface area contributed by atoms with Gasteiger partial charge in [0.2, 0.25) is 0 Å². The monoisotopic (exact) mass is 778 g/mol. The van der Waals surface area contributed by atoms with Gasteiger partial charge in [-0.15, -0.1) is 0 Å². The van der Waals surface area contributed by atoms with E-state index in [-0.39, 0.29) is 5.41 Å². The Morgan fingerprint density at radius 1 is 0.311 bits per heavy atom. The highest BCUT2D eigenvalue weighted by molar-refractivity contribution is 6.19. The van der Waals surface area contributed by atoms with E-state index in [2.05, 4.69) is 242 Å². The van der Waals surface area contributed by atoms with Gasteiger partial charge in [0.25, 0.3) is 0 Å². The number of hydrogen-bond donors (Lipinski definition) is 0. The van der Waals surface area contributed by atoms with Crippen LogP contribution in [0.2, 0.25) is 0 Å². The van der Waals surface area contributed by atoms with E-state index in [9.17, 15) is 0 Å². The molecule has 1 aliphatic carbocycles. The lowest BCUT2D eigenvalue weighted by molar-refractivity contribution is 0.666. The van der Waals surface area contributed by atoms with Gasteiger partial charge < -0.3 is 9.80 Å². The lowest BCUT2D eigenvalue weighted by Gasteiger charge is -2.30. The fourth-order valence-corrected chi connectivity index (χ4v) is 10.4. The SMILES string of the molecule is CC1(C)c2cc(N(c3ccccc3)c3cccc4ccccc34)ccc2-c2c1c1ccc(N(c3cccc4ccccc34)c3cccc4ccccc34)cc1c1ccccc21. The molecule has 0 aliphatic heterocycles. The van der Waals surface area contributed by atoms with Crippen LogP contribution < -0.4 is 9.80 Å². The molecule has 0 amide bonds. The van der Waals surface area contributed by atoms with Crippen LogP contribution in [0.3, 0.4) is 0 Å². The Labute approximate surface area is 356 Å². The normalized spacial score (nSPS) is 12.9. The number of hydrogen-bond acceptors (Lipinski definition) is 2. The Morgan fingerprint density at radius 2 is 0.770 bits per heavy atom. The van der Waals surface area contributed by atoms with Crippen LogP contribution in [0.25, 0.3) is 65.0 Å². The first-order chi connectivity index (χ1) is 30.0. The Bertz CT molecular complexity index is 3430. The van der Waals surface area contributed by atoms with Crippen molar-refractivity contribution in [3.8, 4) is 11.1 Å². The van der Waals surface area contributed by atoms with E-state index >= 15 is 0 Å². The van der Waals surface area contributed by atoms with Crippen LogP contribution in [0.15, 0.2) is 218 Å². The molecule has 1 aliphatic rings. The van der Waals surface area contributed by atoms with Gasteiger partial charge in [0.15, 0.2) is 0 Å². The van der Waals surface area contributed by atoms with E-state index in [4.69, 9.17) is 0 Å². The molecule has 0 bridgehead atoms. The molecule has 11 aromatic carbocycles. The van der Waals surface area contributed by atoms with E-state index in [1.54, 1.807) is 0 Å². The Morgan fingerprint density at radius 3 is 1.36 bits per heavy atom. The zero-order valence-electron chi connectivity index (χ0n) is 34.2. The number of rotatable bonds is 6. The third-order valence-corrected chi connectivity index (χ3v) is 13.1. The summed E-state index contributed by atoms with van der Waals surface area (Å²) in [5.41, 5.74) is 12.0. The van der Waals surface area contributed by atoms with Crippen molar-refractivity contribution in [2.24, 2.45) is 0 Å². The van der Waals surface area contributed by atoms with Crippen LogP contribution in [0.1, 0.15) is 25.0 Å². The van der Waals surface area contributed by atoms with Crippen molar-refractivity contribution in [3.05, 3.63) is 230 Å². The summed E-state index contributed by atoms with van der Waals surface area (Å²) in [5, 5.41) is 12.5. The second-order valence-electron chi connectivity index (χ2n) is 16.9. The van der Waals surface area contributed by atoms with Crippen LogP contribution in [0.5, 0.6) is 0 Å². The average molecular weight is 779 g/mol. The van der Waals surface area contributed by atoms with Gasteiger partial charge in [0.1, 0.15) is 0 Å². The van der Waals surface area contributed by atoms with E-state index in [0.717, 1.165) is 28.4 Å². The van der Waals surface area contributed by atoms with Crippen molar-refractivity contribution in [1.29, 1.82) is 0 Å². The Hall–Kier alpha value is -7.68. The fourth-order valence-electron chi connectivity index (χ4n) is 10.4. The topological polar surface area (TPSA) is 6.48 Å². The van der Waals surface area contributed by atoms with Gasteiger partial charge in [-0.2, -0.15) is 0 Å². The molecule has 2 nitrogen and oxygen atoms in total. The van der Waals surface area contributed by atoms with Crippen LogP contribution in [-0.4, -0.2) is 0 Å². The third kappa shape index (κ3) is 5.42. The van der Waals surface area contributed by atoms with Gasteiger partial charge in [-0.1, -0.05) is 178 Å². The molecule has 288 valence electrons. The van der Waals surface area contributed by atoms with E-state index in [1.165, 1.54) is 81.8 Å². The van der Waals surface area contributed by atoms with Crippen molar-refractivity contribution in [2.75, 3.05) is 9.80 Å². The molecule has 61 heavy (non-hydrogen) atoms. The molecule has 0 aromatic heterocycles. The number of benzene rings is 11. The summed E-state index contributed by atoms with van der Waals surface area (Å²) in [7, 11) is 0. The van der Waals surface area contributed by atoms with Gasteiger partial charge in [0, 0.05) is 38.6 Å². The molecule has 0 spiro atoms. The summed E-state index contributed by atoms with van der Waals surface area (Å²) < 4.78 is 0. The highest BCUT2D eigenvalue weighted by Gasteiger charge is 2.39. The maximum Gasteiger partial charge on any atom is 0.0540 e. The number of para-hydroxylation sites is 1. The standard InChI is InChI=1S/C59H42N2/c1-59(2)53-38-44(60(42-23-4-3-5-24-42)54-30-14-20-39-17-6-9-25-45(39)54)34-36-51(53)57-49-29-13-12-28-48(49)52-37-43(33-35-50(52)58(57)59)61(55-31-15-21-40-18-7-10-26-46(40)55)56-32-16-22-41-19-8-11-27-47(41)56/h3-38H,1-2H3. The van der Waals surface area contributed by atoms with Crippen LogP contribution in [0, 0.1) is 0 Å². The highest BCUT2D eigenvalue weighted by Crippen LogP contribution is 2.56. The average Bonchev–Trinajstić information content (AvgIpc) is 3.55. The largest absolute Gasteiger partial charge is 0.310 e. The lowest BCUT2D eigenvalue weighted by Crippen LogP contribution is -2.17. The zero-order valence-corrected chi connectivity index (χ0v) is 34.2. The van der Waals surface area contributed by atoms with Crippen molar-refractivity contribution < 1.29 is 0 Å². The summed E-state index contributed by atoms with van der Waals surface area (Å²) in [6, 6.07) is 80.4. The van der Waals surface area contributed by atoms with Crippen molar-refractivity contribution in [2.45, 2.75) is 19.3 Å². The minimum absolute atomic E-state index is 0.281. The molecule has 0 saturated heterocycles.